The number of hydrogen-bond donors (Lipinski definition) is 0. The highest BCUT2D eigenvalue weighted by Gasteiger charge is 2.16. The zero-order valence-electron chi connectivity index (χ0n) is 31.0. The molecule has 0 saturated carbocycles. The molecule has 0 bridgehead atoms. The van der Waals surface area contributed by atoms with Gasteiger partial charge in [-0.25, -0.2) is 0 Å². The number of benzene rings is 9. The van der Waals surface area contributed by atoms with Crippen LogP contribution in [0.25, 0.3) is 44.5 Å². The largest absolute Gasteiger partial charge is 0.310 e. The molecule has 0 aromatic heterocycles. The van der Waals surface area contributed by atoms with Crippen LogP contribution in [0.4, 0.5) is 34.1 Å². The van der Waals surface area contributed by atoms with Crippen molar-refractivity contribution in [2.24, 2.45) is 0 Å². The Bertz CT molecular complexity index is 2470. The monoisotopic (exact) mass is 716 g/mol. The number of para-hydroxylation sites is 2. The van der Waals surface area contributed by atoms with E-state index >= 15 is 0 Å². The first-order valence-electron chi connectivity index (χ1n) is 19.1. The van der Waals surface area contributed by atoms with Crippen molar-refractivity contribution in [3.05, 3.63) is 243 Å². The van der Waals surface area contributed by atoms with Gasteiger partial charge in [0, 0.05) is 34.1 Å². The predicted molar refractivity (Wildman–Crippen MR) is 238 cm³/mol. The fourth-order valence-electron chi connectivity index (χ4n) is 7.44. The average molecular weight is 717 g/mol. The number of hydrogen-bond acceptors (Lipinski definition) is 2. The van der Waals surface area contributed by atoms with Crippen LogP contribution < -0.4 is 9.80 Å². The van der Waals surface area contributed by atoms with E-state index in [1.54, 1.807) is 0 Å². The van der Waals surface area contributed by atoms with Gasteiger partial charge in [-0.15, -0.1) is 0 Å². The molecule has 2 heteroatoms. The van der Waals surface area contributed by atoms with Gasteiger partial charge in [0.2, 0.25) is 0 Å². The Morgan fingerprint density at radius 1 is 0.161 bits per heavy atom. The van der Waals surface area contributed by atoms with E-state index in [4.69, 9.17) is 0 Å². The molecule has 56 heavy (non-hydrogen) atoms. The molecule has 9 rings (SSSR count). The Kier molecular flexibility index (Phi) is 9.75. The lowest BCUT2D eigenvalue weighted by molar-refractivity contribution is 1.28. The van der Waals surface area contributed by atoms with E-state index in [0.717, 1.165) is 34.1 Å². The van der Waals surface area contributed by atoms with Crippen molar-refractivity contribution >= 4 is 34.1 Å². The standard InChI is InChI=1S/C54H40N2/c1-5-16-41(17-6-1)47-22-14-28-53(39-47)55(49-24-9-3-10-25-49)51-34-30-43(31-35-51)45-20-13-21-46(38-45)44-32-36-52(37-33-44)56(50-26-11-4-12-27-50)54-29-15-23-48(40-54)42-18-7-2-8-19-42/h1-40H. The number of nitrogens with zero attached hydrogens (tertiary/aromatic N) is 2. The second-order valence-corrected chi connectivity index (χ2v) is 13.8. The average Bonchev–Trinajstić information content (AvgIpc) is 3.29. The normalized spacial score (nSPS) is 10.9. The van der Waals surface area contributed by atoms with E-state index in [2.05, 4.69) is 252 Å². The quantitative estimate of drug-likeness (QED) is 0.139. The minimum Gasteiger partial charge on any atom is -0.310 e. The SMILES string of the molecule is c1ccc(-c2cccc(N(c3ccccc3)c3ccc(-c4cccc(-c5ccc(N(c6ccccc6)c6cccc(-c7ccccc7)c6)cc5)c4)cc3)c2)cc1. The summed E-state index contributed by atoms with van der Waals surface area (Å²) in [6, 6.07) is 86.5. The summed E-state index contributed by atoms with van der Waals surface area (Å²) in [7, 11) is 0. The van der Waals surface area contributed by atoms with Crippen molar-refractivity contribution in [1.29, 1.82) is 0 Å². The van der Waals surface area contributed by atoms with Crippen LogP contribution in [0.3, 0.4) is 0 Å². The first-order chi connectivity index (χ1) is 27.8. The van der Waals surface area contributed by atoms with Crippen LogP contribution in [0.1, 0.15) is 0 Å². The minimum atomic E-state index is 1.11. The third-order valence-corrected chi connectivity index (χ3v) is 10.2. The predicted octanol–water partition coefficient (Wildman–Crippen LogP) is 15.3. The lowest BCUT2D eigenvalue weighted by Crippen LogP contribution is -2.09. The summed E-state index contributed by atoms with van der Waals surface area (Å²) in [5.74, 6) is 0. The van der Waals surface area contributed by atoms with E-state index in [1.807, 2.05) is 0 Å². The molecule has 2 nitrogen and oxygen atoms in total. The molecule has 0 atom stereocenters. The van der Waals surface area contributed by atoms with Gasteiger partial charge in [0.15, 0.2) is 0 Å². The van der Waals surface area contributed by atoms with Gasteiger partial charge in [0.05, 0.1) is 0 Å². The second-order valence-electron chi connectivity index (χ2n) is 13.8. The van der Waals surface area contributed by atoms with E-state index in [0.29, 0.717) is 0 Å². The number of rotatable bonds is 10. The summed E-state index contributed by atoms with van der Waals surface area (Å²) >= 11 is 0. The van der Waals surface area contributed by atoms with Gasteiger partial charge in [-0.3, -0.25) is 0 Å². The molecular formula is C54H40N2. The van der Waals surface area contributed by atoms with Gasteiger partial charge in [-0.2, -0.15) is 0 Å². The highest BCUT2D eigenvalue weighted by atomic mass is 15.1. The molecule has 0 spiro atoms. The van der Waals surface area contributed by atoms with E-state index in [-0.39, 0.29) is 0 Å². The molecule has 0 radical (unpaired) electrons. The number of anilines is 6. The molecule has 0 aliphatic carbocycles. The first kappa shape index (κ1) is 34.4. The summed E-state index contributed by atoms with van der Waals surface area (Å²) in [6.07, 6.45) is 0. The third-order valence-electron chi connectivity index (χ3n) is 10.2. The maximum atomic E-state index is 2.32. The fraction of sp³-hybridized carbons (Fsp3) is 0. The first-order valence-corrected chi connectivity index (χ1v) is 19.1. The molecule has 0 heterocycles. The summed E-state index contributed by atoms with van der Waals surface area (Å²) in [5, 5.41) is 0. The molecule has 266 valence electrons. The van der Waals surface area contributed by atoms with Crippen LogP contribution in [0.5, 0.6) is 0 Å². The highest BCUT2D eigenvalue weighted by molar-refractivity contribution is 5.84. The van der Waals surface area contributed by atoms with Gasteiger partial charge in [-0.1, -0.05) is 164 Å². The second kappa shape index (κ2) is 15.9. The Labute approximate surface area is 329 Å². The zero-order chi connectivity index (χ0) is 37.5. The van der Waals surface area contributed by atoms with Gasteiger partial charge < -0.3 is 9.80 Å². The minimum absolute atomic E-state index is 1.11. The molecule has 0 fully saturated rings. The van der Waals surface area contributed by atoms with Gasteiger partial charge >= 0.3 is 0 Å². The highest BCUT2D eigenvalue weighted by Crippen LogP contribution is 2.39. The molecule has 9 aromatic rings. The fourth-order valence-corrected chi connectivity index (χ4v) is 7.44. The molecule has 0 unspecified atom stereocenters. The van der Waals surface area contributed by atoms with Crippen molar-refractivity contribution in [2.45, 2.75) is 0 Å². The van der Waals surface area contributed by atoms with E-state index < -0.39 is 0 Å². The van der Waals surface area contributed by atoms with Crippen LogP contribution in [-0.4, -0.2) is 0 Å². The van der Waals surface area contributed by atoms with Crippen molar-refractivity contribution in [3.63, 3.8) is 0 Å². The molecular weight excluding hydrogens is 677 g/mol. The van der Waals surface area contributed by atoms with Crippen LogP contribution in [0.15, 0.2) is 243 Å². The summed E-state index contributed by atoms with van der Waals surface area (Å²) in [6.45, 7) is 0. The Morgan fingerprint density at radius 3 is 0.786 bits per heavy atom. The molecule has 0 amide bonds. The van der Waals surface area contributed by atoms with Crippen molar-refractivity contribution in [2.75, 3.05) is 9.80 Å². The summed E-state index contributed by atoms with van der Waals surface area (Å²) in [4.78, 5) is 4.65. The Morgan fingerprint density at radius 2 is 0.411 bits per heavy atom. The third kappa shape index (κ3) is 7.37. The molecule has 0 saturated heterocycles. The topological polar surface area (TPSA) is 6.48 Å². The van der Waals surface area contributed by atoms with Crippen molar-refractivity contribution in [1.82, 2.24) is 0 Å². The van der Waals surface area contributed by atoms with Gasteiger partial charge in [0.1, 0.15) is 0 Å². The smallest absolute Gasteiger partial charge is 0.0467 e. The van der Waals surface area contributed by atoms with Gasteiger partial charge in [-0.05, 0) is 123 Å². The maximum Gasteiger partial charge on any atom is 0.0467 e. The Balaban J connectivity index is 1.00. The zero-order valence-corrected chi connectivity index (χ0v) is 31.0. The molecule has 0 aliphatic heterocycles. The lowest BCUT2D eigenvalue weighted by atomic mass is 9.98. The van der Waals surface area contributed by atoms with Crippen molar-refractivity contribution in [3.8, 4) is 44.5 Å². The summed E-state index contributed by atoms with van der Waals surface area (Å²) < 4.78 is 0. The molecule has 0 aliphatic rings. The van der Waals surface area contributed by atoms with E-state index in [1.165, 1.54) is 44.5 Å². The van der Waals surface area contributed by atoms with Crippen LogP contribution in [-0.2, 0) is 0 Å². The van der Waals surface area contributed by atoms with Crippen LogP contribution in [0, 0.1) is 0 Å². The van der Waals surface area contributed by atoms with E-state index in [9.17, 15) is 0 Å². The maximum absolute atomic E-state index is 2.32. The lowest BCUT2D eigenvalue weighted by Gasteiger charge is -2.26. The molecule has 9 aromatic carbocycles. The van der Waals surface area contributed by atoms with Gasteiger partial charge in [0.25, 0.3) is 0 Å². The van der Waals surface area contributed by atoms with Crippen LogP contribution >= 0.6 is 0 Å². The Hall–Kier alpha value is -7.42. The molecule has 0 N–H and O–H groups in total. The van der Waals surface area contributed by atoms with Crippen LogP contribution in [0.2, 0.25) is 0 Å². The van der Waals surface area contributed by atoms with Crippen molar-refractivity contribution < 1.29 is 0 Å². The summed E-state index contributed by atoms with van der Waals surface area (Å²) in [5.41, 5.74) is 16.2.